The van der Waals surface area contributed by atoms with Gasteiger partial charge in [-0.15, -0.1) is 0 Å². The SMILES string of the molecule is CCC(CC1CC1)NCC(O)COCC(C)C. The van der Waals surface area contributed by atoms with E-state index in [0.717, 1.165) is 18.9 Å². The second-order valence-corrected chi connectivity index (χ2v) is 5.78. The van der Waals surface area contributed by atoms with E-state index in [2.05, 4.69) is 26.1 Å². The van der Waals surface area contributed by atoms with Crippen molar-refractivity contribution in [1.82, 2.24) is 5.32 Å². The Kier molecular flexibility index (Phi) is 7.09. The van der Waals surface area contributed by atoms with E-state index < -0.39 is 0 Å². The minimum Gasteiger partial charge on any atom is -0.389 e. The van der Waals surface area contributed by atoms with Gasteiger partial charge in [-0.2, -0.15) is 0 Å². The van der Waals surface area contributed by atoms with Crippen molar-refractivity contribution in [1.29, 1.82) is 0 Å². The molecule has 3 nitrogen and oxygen atoms in total. The van der Waals surface area contributed by atoms with E-state index in [0.29, 0.717) is 25.1 Å². The first-order chi connectivity index (χ1) is 8.11. The fourth-order valence-corrected chi connectivity index (χ4v) is 1.95. The first-order valence-corrected chi connectivity index (χ1v) is 7.11. The van der Waals surface area contributed by atoms with Crippen molar-refractivity contribution in [3.05, 3.63) is 0 Å². The van der Waals surface area contributed by atoms with Gasteiger partial charge in [0.1, 0.15) is 0 Å². The summed E-state index contributed by atoms with van der Waals surface area (Å²) in [5.74, 6) is 1.48. The fourth-order valence-electron chi connectivity index (χ4n) is 1.95. The number of hydrogen-bond donors (Lipinski definition) is 2. The molecule has 0 saturated heterocycles. The molecule has 1 saturated carbocycles. The summed E-state index contributed by atoms with van der Waals surface area (Å²) in [4.78, 5) is 0. The second kappa shape index (κ2) is 8.06. The van der Waals surface area contributed by atoms with Crippen molar-refractivity contribution in [2.24, 2.45) is 11.8 Å². The zero-order valence-electron chi connectivity index (χ0n) is 11.6. The average Bonchev–Trinajstić information content (AvgIpc) is 3.07. The van der Waals surface area contributed by atoms with Crippen molar-refractivity contribution >= 4 is 0 Å². The standard InChI is InChI=1S/C14H29NO2/c1-4-13(7-12-5-6-12)15-8-14(16)10-17-9-11(2)3/h11-16H,4-10H2,1-3H3. The molecule has 0 bridgehead atoms. The molecule has 1 aliphatic rings. The van der Waals surface area contributed by atoms with Crippen LogP contribution in [0.15, 0.2) is 0 Å². The molecule has 3 heteroatoms. The van der Waals surface area contributed by atoms with Gasteiger partial charge in [0.25, 0.3) is 0 Å². The molecule has 0 radical (unpaired) electrons. The van der Waals surface area contributed by atoms with Gasteiger partial charge < -0.3 is 15.2 Å². The lowest BCUT2D eigenvalue weighted by molar-refractivity contribution is 0.0247. The van der Waals surface area contributed by atoms with E-state index in [1.165, 1.54) is 19.3 Å². The maximum Gasteiger partial charge on any atom is 0.0897 e. The summed E-state index contributed by atoms with van der Waals surface area (Å²) in [7, 11) is 0. The van der Waals surface area contributed by atoms with Crippen LogP contribution in [0, 0.1) is 11.8 Å². The molecule has 2 unspecified atom stereocenters. The number of hydrogen-bond acceptors (Lipinski definition) is 3. The molecule has 0 amide bonds. The van der Waals surface area contributed by atoms with Crippen LogP contribution < -0.4 is 5.32 Å². The third-order valence-electron chi connectivity index (χ3n) is 3.21. The van der Waals surface area contributed by atoms with Gasteiger partial charge in [-0.05, 0) is 24.7 Å². The van der Waals surface area contributed by atoms with Gasteiger partial charge in [-0.1, -0.05) is 33.6 Å². The van der Waals surface area contributed by atoms with Crippen molar-refractivity contribution < 1.29 is 9.84 Å². The highest BCUT2D eigenvalue weighted by Crippen LogP contribution is 2.33. The van der Waals surface area contributed by atoms with E-state index in [1.807, 2.05) is 0 Å². The summed E-state index contributed by atoms with van der Waals surface area (Å²) >= 11 is 0. The van der Waals surface area contributed by atoms with Crippen LogP contribution in [0.2, 0.25) is 0 Å². The summed E-state index contributed by atoms with van der Waals surface area (Å²) in [5, 5.41) is 13.2. The predicted molar refractivity (Wildman–Crippen MR) is 71.1 cm³/mol. The number of ether oxygens (including phenoxy) is 1. The summed E-state index contributed by atoms with van der Waals surface area (Å²) in [6, 6.07) is 0.572. The van der Waals surface area contributed by atoms with Gasteiger partial charge in [0.05, 0.1) is 12.7 Å². The van der Waals surface area contributed by atoms with E-state index in [-0.39, 0.29) is 6.10 Å². The maximum atomic E-state index is 9.77. The maximum absolute atomic E-state index is 9.77. The molecule has 17 heavy (non-hydrogen) atoms. The predicted octanol–water partition coefficient (Wildman–Crippen LogP) is 2.19. The van der Waals surface area contributed by atoms with Crippen molar-refractivity contribution in [3.8, 4) is 0 Å². The Bertz CT molecular complexity index is 193. The number of nitrogens with one attached hydrogen (secondary N) is 1. The normalized spacial score (nSPS) is 19.6. The number of aliphatic hydroxyl groups excluding tert-OH is 1. The Labute approximate surface area is 106 Å². The molecule has 1 fully saturated rings. The Morgan fingerprint density at radius 3 is 2.53 bits per heavy atom. The molecule has 0 aliphatic heterocycles. The third-order valence-corrected chi connectivity index (χ3v) is 3.21. The molecule has 1 aliphatic carbocycles. The third kappa shape index (κ3) is 7.74. The second-order valence-electron chi connectivity index (χ2n) is 5.78. The Hall–Kier alpha value is -0.120. The summed E-state index contributed by atoms with van der Waals surface area (Å²) in [6.07, 6.45) is 4.85. The zero-order valence-corrected chi connectivity index (χ0v) is 11.6. The Morgan fingerprint density at radius 1 is 1.29 bits per heavy atom. The van der Waals surface area contributed by atoms with E-state index in [1.54, 1.807) is 0 Å². The molecule has 2 N–H and O–H groups in total. The average molecular weight is 243 g/mol. The smallest absolute Gasteiger partial charge is 0.0897 e. The molecule has 0 aromatic carbocycles. The molecule has 0 aromatic heterocycles. The summed E-state index contributed by atoms with van der Waals surface area (Å²) in [5.41, 5.74) is 0. The molecule has 2 atom stereocenters. The minimum absolute atomic E-state index is 0.373. The van der Waals surface area contributed by atoms with Crippen LogP contribution in [-0.4, -0.2) is 37.0 Å². The quantitative estimate of drug-likeness (QED) is 0.618. The zero-order chi connectivity index (χ0) is 12.7. The first-order valence-electron chi connectivity index (χ1n) is 7.11. The monoisotopic (exact) mass is 243 g/mol. The first kappa shape index (κ1) is 14.9. The topological polar surface area (TPSA) is 41.5 Å². The molecule has 0 heterocycles. The highest BCUT2D eigenvalue weighted by molar-refractivity contribution is 4.80. The Morgan fingerprint density at radius 2 is 2.00 bits per heavy atom. The fraction of sp³-hybridized carbons (Fsp3) is 1.00. The number of aliphatic hydroxyl groups is 1. The van der Waals surface area contributed by atoms with Gasteiger partial charge in [0.2, 0.25) is 0 Å². The van der Waals surface area contributed by atoms with Crippen LogP contribution in [0.1, 0.15) is 46.5 Å². The van der Waals surface area contributed by atoms with Crippen molar-refractivity contribution in [2.75, 3.05) is 19.8 Å². The summed E-state index contributed by atoms with van der Waals surface area (Å²) in [6.45, 7) is 8.28. The van der Waals surface area contributed by atoms with Crippen LogP contribution in [0.3, 0.4) is 0 Å². The van der Waals surface area contributed by atoms with Crippen LogP contribution in [0.25, 0.3) is 0 Å². The highest BCUT2D eigenvalue weighted by atomic mass is 16.5. The van der Waals surface area contributed by atoms with Gasteiger partial charge in [0.15, 0.2) is 0 Å². The van der Waals surface area contributed by atoms with E-state index in [4.69, 9.17) is 4.74 Å². The minimum atomic E-state index is -0.373. The van der Waals surface area contributed by atoms with Gasteiger partial charge in [0, 0.05) is 19.2 Å². The Balaban J connectivity index is 2.01. The van der Waals surface area contributed by atoms with Gasteiger partial charge >= 0.3 is 0 Å². The molecule has 1 rings (SSSR count). The molecular weight excluding hydrogens is 214 g/mol. The van der Waals surface area contributed by atoms with Crippen LogP contribution in [-0.2, 0) is 4.74 Å². The lowest BCUT2D eigenvalue weighted by Gasteiger charge is -2.19. The lowest BCUT2D eigenvalue weighted by atomic mass is 10.1. The molecule has 0 spiro atoms. The molecular formula is C14H29NO2. The van der Waals surface area contributed by atoms with Crippen LogP contribution in [0.4, 0.5) is 0 Å². The van der Waals surface area contributed by atoms with Crippen LogP contribution in [0.5, 0.6) is 0 Å². The lowest BCUT2D eigenvalue weighted by Crippen LogP contribution is -2.37. The van der Waals surface area contributed by atoms with Gasteiger partial charge in [-0.25, -0.2) is 0 Å². The van der Waals surface area contributed by atoms with E-state index >= 15 is 0 Å². The van der Waals surface area contributed by atoms with Crippen molar-refractivity contribution in [3.63, 3.8) is 0 Å². The number of rotatable bonds is 10. The largest absolute Gasteiger partial charge is 0.389 e. The highest BCUT2D eigenvalue weighted by Gasteiger charge is 2.24. The summed E-state index contributed by atoms with van der Waals surface area (Å²) < 4.78 is 5.43. The van der Waals surface area contributed by atoms with Crippen molar-refractivity contribution in [2.45, 2.75) is 58.6 Å². The van der Waals surface area contributed by atoms with E-state index in [9.17, 15) is 5.11 Å². The van der Waals surface area contributed by atoms with Gasteiger partial charge in [-0.3, -0.25) is 0 Å². The van der Waals surface area contributed by atoms with Crippen LogP contribution >= 0.6 is 0 Å². The molecule has 0 aromatic rings. The molecule has 102 valence electrons.